The van der Waals surface area contributed by atoms with Crippen LogP contribution in [0.3, 0.4) is 0 Å². The summed E-state index contributed by atoms with van der Waals surface area (Å²) in [6.45, 7) is 13.7. The van der Waals surface area contributed by atoms with E-state index in [9.17, 15) is 0 Å². The lowest BCUT2D eigenvalue weighted by molar-refractivity contribution is 0.872. The molecule has 0 heterocycles. The average Bonchev–Trinajstić information content (AvgIpc) is 2.03. The highest BCUT2D eigenvalue weighted by atomic mass is 28.3. The Morgan fingerprint density at radius 1 is 1.08 bits per heavy atom. The Balaban J connectivity index is 4.89. The molecule has 0 saturated heterocycles. The standard InChI is InChI=1S/C12H24Si/c1-7-9-13(10-8-2,11(3)4)12(5)6/h11-12H,7,9H2,1-6H3. The second kappa shape index (κ2) is 5.50. The minimum atomic E-state index is -1.31. The van der Waals surface area contributed by atoms with Crippen molar-refractivity contribution >= 4 is 8.07 Å². The maximum Gasteiger partial charge on any atom is 0.143 e. The molecule has 13 heavy (non-hydrogen) atoms. The second-order valence-electron chi connectivity index (χ2n) is 4.47. The summed E-state index contributed by atoms with van der Waals surface area (Å²) in [7, 11) is -1.31. The molecule has 0 spiro atoms. The Bertz CT molecular complexity index is 185. The minimum Gasteiger partial charge on any atom is -0.131 e. The summed E-state index contributed by atoms with van der Waals surface area (Å²) in [6, 6.07) is 1.36. The quantitative estimate of drug-likeness (QED) is 0.466. The van der Waals surface area contributed by atoms with E-state index in [2.05, 4.69) is 46.1 Å². The van der Waals surface area contributed by atoms with Crippen molar-refractivity contribution in [3.05, 3.63) is 0 Å². The van der Waals surface area contributed by atoms with E-state index >= 15 is 0 Å². The first-order valence-electron chi connectivity index (χ1n) is 5.45. The summed E-state index contributed by atoms with van der Waals surface area (Å²) < 4.78 is 0. The summed E-state index contributed by atoms with van der Waals surface area (Å²) >= 11 is 0. The molecule has 0 aliphatic carbocycles. The molecule has 0 bridgehead atoms. The maximum atomic E-state index is 3.58. The van der Waals surface area contributed by atoms with Crippen LogP contribution in [0.5, 0.6) is 0 Å². The van der Waals surface area contributed by atoms with Gasteiger partial charge in [-0.15, -0.1) is 11.5 Å². The SMILES string of the molecule is CC#C[Si](CCC)(C(C)C)C(C)C. The molecular formula is C12H24Si. The Morgan fingerprint density at radius 3 is 1.77 bits per heavy atom. The number of rotatable bonds is 4. The van der Waals surface area contributed by atoms with Gasteiger partial charge in [0.15, 0.2) is 0 Å². The van der Waals surface area contributed by atoms with Crippen molar-refractivity contribution < 1.29 is 0 Å². The van der Waals surface area contributed by atoms with Gasteiger partial charge in [0.05, 0.1) is 0 Å². The average molecular weight is 196 g/mol. The summed E-state index contributed by atoms with van der Waals surface area (Å²) in [4.78, 5) is 0. The first-order chi connectivity index (χ1) is 6.01. The second-order valence-corrected chi connectivity index (χ2v) is 9.61. The first-order valence-corrected chi connectivity index (χ1v) is 7.81. The van der Waals surface area contributed by atoms with Crippen molar-refractivity contribution in [3.63, 3.8) is 0 Å². The van der Waals surface area contributed by atoms with E-state index in [0.717, 1.165) is 11.1 Å². The van der Waals surface area contributed by atoms with E-state index in [4.69, 9.17) is 0 Å². The smallest absolute Gasteiger partial charge is 0.131 e. The summed E-state index contributed by atoms with van der Waals surface area (Å²) in [5, 5.41) is 0. The van der Waals surface area contributed by atoms with Gasteiger partial charge < -0.3 is 0 Å². The molecule has 0 aromatic heterocycles. The molecule has 0 atom stereocenters. The molecular weight excluding hydrogens is 172 g/mol. The minimum absolute atomic E-state index is 0.792. The van der Waals surface area contributed by atoms with Crippen LogP contribution >= 0.6 is 0 Å². The van der Waals surface area contributed by atoms with Gasteiger partial charge in [0, 0.05) is 0 Å². The van der Waals surface area contributed by atoms with Crippen LogP contribution in [0.1, 0.15) is 48.0 Å². The molecule has 0 aromatic rings. The molecule has 0 radical (unpaired) electrons. The number of hydrogen-bond acceptors (Lipinski definition) is 0. The number of hydrogen-bond donors (Lipinski definition) is 0. The molecule has 0 unspecified atom stereocenters. The van der Waals surface area contributed by atoms with Gasteiger partial charge in [0.2, 0.25) is 0 Å². The van der Waals surface area contributed by atoms with Crippen LogP contribution in [0.15, 0.2) is 0 Å². The molecule has 76 valence electrons. The molecule has 1 heteroatoms. The van der Waals surface area contributed by atoms with Crippen molar-refractivity contribution in [3.8, 4) is 11.5 Å². The van der Waals surface area contributed by atoms with Gasteiger partial charge in [-0.25, -0.2) is 0 Å². The van der Waals surface area contributed by atoms with Gasteiger partial charge in [-0.2, -0.15) is 0 Å². The van der Waals surface area contributed by atoms with E-state index in [1.54, 1.807) is 0 Å². The molecule has 0 nitrogen and oxygen atoms in total. The molecule has 0 amide bonds. The van der Waals surface area contributed by atoms with Gasteiger partial charge in [0.1, 0.15) is 8.07 Å². The van der Waals surface area contributed by atoms with E-state index in [1.165, 1.54) is 12.5 Å². The zero-order chi connectivity index (χ0) is 10.5. The highest BCUT2D eigenvalue weighted by molar-refractivity contribution is 6.89. The van der Waals surface area contributed by atoms with Crippen LogP contribution in [0.4, 0.5) is 0 Å². The summed E-state index contributed by atoms with van der Waals surface area (Å²) in [5.74, 6) is 3.17. The molecule has 0 aromatic carbocycles. The van der Waals surface area contributed by atoms with Crippen LogP contribution in [-0.4, -0.2) is 8.07 Å². The molecule has 0 fully saturated rings. The van der Waals surface area contributed by atoms with Crippen molar-refractivity contribution in [1.29, 1.82) is 0 Å². The van der Waals surface area contributed by atoms with Crippen molar-refractivity contribution in [2.24, 2.45) is 0 Å². The lowest BCUT2D eigenvalue weighted by Gasteiger charge is -2.34. The zero-order valence-corrected chi connectivity index (χ0v) is 11.1. The van der Waals surface area contributed by atoms with Gasteiger partial charge in [-0.3, -0.25) is 0 Å². The fraction of sp³-hybridized carbons (Fsp3) is 0.833. The topological polar surface area (TPSA) is 0 Å². The Labute approximate surface area is 85.1 Å². The van der Waals surface area contributed by atoms with Crippen LogP contribution in [0.25, 0.3) is 0 Å². The predicted octanol–water partition coefficient (Wildman–Crippen LogP) is 4.23. The third-order valence-corrected chi connectivity index (χ3v) is 9.25. The van der Waals surface area contributed by atoms with Crippen LogP contribution in [0, 0.1) is 11.5 Å². The largest absolute Gasteiger partial charge is 0.143 e. The normalized spacial score (nSPS) is 11.7. The van der Waals surface area contributed by atoms with Crippen LogP contribution in [0.2, 0.25) is 17.1 Å². The lowest BCUT2D eigenvalue weighted by Crippen LogP contribution is -2.39. The van der Waals surface area contributed by atoms with E-state index in [1.807, 2.05) is 6.92 Å². The van der Waals surface area contributed by atoms with Crippen molar-refractivity contribution in [1.82, 2.24) is 0 Å². The third kappa shape index (κ3) is 2.88. The fourth-order valence-corrected chi connectivity index (χ4v) is 6.72. The third-order valence-electron chi connectivity index (χ3n) is 3.08. The van der Waals surface area contributed by atoms with Gasteiger partial charge in [-0.1, -0.05) is 41.0 Å². The highest BCUT2D eigenvalue weighted by Crippen LogP contribution is 2.36. The molecule has 0 saturated carbocycles. The van der Waals surface area contributed by atoms with Gasteiger partial charge in [-0.05, 0) is 24.1 Å². The Hall–Kier alpha value is -0.223. The van der Waals surface area contributed by atoms with E-state index in [0.29, 0.717) is 0 Å². The predicted molar refractivity (Wildman–Crippen MR) is 64.5 cm³/mol. The lowest BCUT2D eigenvalue weighted by atomic mass is 10.5. The van der Waals surface area contributed by atoms with Gasteiger partial charge in [0.25, 0.3) is 0 Å². The molecule has 0 aliphatic rings. The zero-order valence-electron chi connectivity index (χ0n) is 10.1. The maximum absolute atomic E-state index is 3.58. The summed E-state index contributed by atoms with van der Waals surface area (Å²) in [6.07, 6.45) is 1.29. The monoisotopic (exact) mass is 196 g/mol. The van der Waals surface area contributed by atoms with E-state index < -0.39 is 8.07 Å². The van der Waals surface area contributed by atoms with Crippen LogP contribution in [-0.2, 0) is 0 Å². The molecule has 0 N–H and O–H groups in total. The fourth-order valence-electron chi connectivity index (χ4n) is 2.24. The van der Waals surface area contributed by atoms with Crippen LogP contribution < -0.4 is 0 Å². The van der Waals surface area contributed by atoms with Crippen molar-refractivity contribution in [2.75, 3.05) is 0 Å². The van der Waals surface area contributed by atoms with Gasteiger partial charge >= 0.3 is 0 Å². The van der Waals surface area contributed by atoms with E-state index in [-0.39, 0.29) is 0 Å². The molecule has 0 aliphatic heterocycles. The molecule has 0 rings (SSSR count). The summed E-state index contributed by atoms with van der Waals surface area (Å²) in [5.41, 5.74) is 5.17. The Kier molecular flexibility index (Phi) is 5.40. The highest BCUT2D eigenvalue weighted by Gasteiger charge is 2.37. The van der Waals surface area contributed by atoms with Crippen molar-refractivity contribution in [2.45, 2.75) is 65.1 Å². The first kappa shape index (κ1) is 12.8. The Morgan fingerprint density at radius 2 is 1.54 bits per heavy atom.